The molecular weight excluding hydrogens is 469 g/mol. The Balaban J connectivity index is 0.00000261. The minimum Gasteiger partial charge on any atom is -0.357 e. The Kier molecular flexibility index (Phi) is 8.80. The number of rotatable bonds is 7. The zero-order valence-electron chi connectivity index (χ0n) is 15.7. The van der Waals surface area contributed by atoms with Crippen molar-refractivity contribution in [1.29, 1.82) is 0 Å². The highest BCUT2D eigenvalue weighted by Crippen LogP contribution is 2.10. The van der Waals surface area contributed by atoms with E-state index in [1.54, 1.807) is 11.3 Å². The topological polar surface area (TPSA) is 54.2 Å². The normalized spacial score (nSPS) is 11.1. The fourth-order valence-corrected chi connectivity index (χ4v) is 3.33. The SMILES string of the molecule is CCNC(=NCc1cccc(Cn2ccnc2C)c1)NCc1cccs1.I. The van der Waals surface area contributed by atoms with Crippen LogP contribution in [0.1, 0.15) is 28.8 Å². The molecule has 3 rings (SSSR count). The van der Waals surface area contributed by atoms with Crippen LogP contribution in [0, 0.1) is 6.92 Å². The minimum atomic E-state index is 0. The molecule has 27 heavy (non-hydrogen) atoms. The van der Waals surface area contributed by atoms with E-state index in [1.807, 2.05) is 19.3 Å². The lowest BCUT2D eigenvalue weighted by atomic mass is 10.1. The summed E-state index contributed by atoms with van der Waals surface area (Å²) in [6.45, 7) is 7.22. The van der Waals surface area contributed by atoms with Crippen molar-refractivity contribution in [3.05, 3.63) is 76.0 Å². The van der Waals surface area contributed by atoms with Gasteiger partial charge in [0.2, 0.25) is 0 Å². The molecule has 0 bridgehead atoms. The molecule has 0 aliphatic rings. The first-order chi connectivity index (χ1) is 12.7. The second-order valence-corrected chi connectivity index (χ2v) is 7.08. The number of aliphatic imine (C=N–C) groups is 1. The number of nitrogens with one attached hydrogen (secondary N) is 2. The van der Waals surface area contributed by atoms with Crippen molar-refractivity contribution in [2.24, 2.45) is 4.99 Å². The van der Waals surface area contributed by atoms with Gasteiger partial charge in [0.25, 0.3) is 0 Å². The average Bonchev–Trinajstić information content (AvgIpc) is 3.30. The van der Waals surface area contributed by atoms with Crippen molar-refractivity contribution in [3.8, 4) is 0 Å². The lowest BCUT2D eigenvalue weighted by Gasteiger charge is -2.11. The van der Waals surface area contributed by atoms with Gasteiger partial charge in [-0.2, -0.15) is 0 Å². The molecule has 2 aromatic heterocycles. The van der Waals surface area contributed by atoms with Gasteiger partial charge >= 0.3 is 0 Å². The number of benzene rings is 1. The zero-order valence-corrected chi connectivity index (χ0v) is 18.8. The van der Waals surface area contributed by atoms with Gasteiger partial charge in [0.15, 0.2) is 5.96 Å². The van der Waals surface area contributed by atoms with Gasteiger partial charge < -0.3 is 15.2 Å². The molecule has 0 saturated heterocycles. The van der Waals surface area contributed by atoms with Crippen molar-refractivity contribution in [1.82, 2.24) is 20.2 Å². The van der Waals surface area contributed by atoms with Crippen LogP contribution < -0.4 is 10.6 Å². The first-order valence-electron chi connectivity index (χ1n) is 8.84. The van der Waals surface area contributed by atoms with E-state index >= 15 is 0 Å². The highest BCUT2D eigenvalue weighted by molar-refractivity contribution is 14.0. The molecule has 2 heterocycles. The van der Waals surface area contributed by atoms with E-state index < -0.39 is 0 Å². The second kappa shape index (κ2) is 11.1. The molecule has 144 valence electrons. The van der Waals surface area contributed by atoms with Crippen LogP contribution in [0.25, 0.3) is 0 Å². The smallest absolute Gasteiger partial charge is 0.191 e. The number of aromatic nitrogens is 2. The zero-order chi connectivity index (χ0) is 18.2. The fraction of sp³-hybridized carbons (Fsp3) is 0.300. The molecule has 0 atom stereocenters. The van der Waals surface area contributed by atoms with Crippen molar-refractivity contribution in [2.45, 2.75) is 33.5 Å². The predicted molar refractivity (Wildman–Crippen MR) is 124 cm³/mol. The third-order valence-electron chi connectivity index (χ3n) is 4.04. The quantitative estimate of drug-likeness (QED) is 0.294. The number of nitrogens with zero attached hydrogens (tertiary/aromatic N) is 3. The minimum absolute atomic E-state index is 0. The first-order valence-corrected chi connectivity index (χ1v) is 9.72. The standard InChI is InChI=1S/C20H25N5S.HI/c1-3-21-20(24-14-19-8-5-11-26-19)23-13-17-6-4-7-18(12-17)15-25-10-9-22-16(25)2;/h4-12H,3,13-15H2,1-2H3,(H2,21,23,24);1H. The Morgan fingerprint density at radius 1 is 1.19 bits per heavy atom. The molecule has 0 amide bonds. The number of guanidine groups is 1. The van der Waals surface area contributed by atoms with E-state index in [9.17, 15) is 0 Å². The molecule has 0 unspecified atom stereocenters. The summed E-state index contributed by atoms with van der Waals surface area (Å²) < 4.78 is 2.15. The number of thiophene rings is 1. The summed E-state index contributed by atoms with van der Waals surface area (Å²) in [7, 11) is 0. The highest BCUT2D eigenvalue weighted by atomic mass is 127. The summed E-state index contributed by atoms with van der Waals surface area (Å²) in [4.78, 5) is 10.3. The van der Waals surface area contributed by atoms with Crippen molar-refractivity contribution in [3.63, 3.8) is 0 Å². The predicted octanol–water partition coefficient (Wildman–Crippen LogP) is 4.17. The van der Waals surface area contributed by atoms with Gasteiger partial charge in [-0.15, -0.1) is 35.3 Å². The van der Waals surface area contributed by atoms with Crippen LogP contribution in [-0.2, 0) is 19.6 Å². The third-order valence-corrected chi connectivity index (χ3v) is 4.92. The van der Waals surface area contributed by atoms with Gasteiger partial charge in [-0.3, -0.25) is 0 Å². The summed E-state index contributed by atoms with van der Waals surface area (Å²) in [6.07, 6.45) is 3.85. The van der Waals surface area contributed by atoms with Crippen molar-refractivity contribution in [2.75, 3.05) is 6.54 Å². The largest absolute Gasteiger partial charge is 0.357 e. The Hall–Kier alpha value is -1.87. The maximum absolute atomic E-state index is 4.72. The van der Waals surface area contributed by atoms with Crippen LogP contribution in [0.4, 0.5) is 0 Å². The van der Waals surface area contributed by atoms with Gasteiger partial charge in [0.05, 0.1) is 13.1 Å². The molecular formula is C20H26IN5S. The Morgan fingerprint density at radius 2 is 2.04 bits per heavy atom. The van der Waals surface area contributed by atoms with Crippen LogP contribution in [0.15, 0.2) is 59.2 Å². The molecule has 1 aromatic carbocycles. The highest BCUT2D eigenvalue weighted by Gasteiger charge is 2.02. The van der Waals surface area contributed by atoms with E-state index in [1.165, 1.54) is 16.0 Å². The first kappa shape index (κ1) is 21.4. The van der Waals surface area contributed by atoms with Gasteiger partial charge in [0.1, 0.15) is 5.82 Å². The molecule has 2 N–H and O–H groups in total. The molecule has 0 spiro atoms. The molecule has 0 radical (unpaired) electrons. The molecule has 5 nitrogen and oxygen atoms in total. The average molecular weight is 495 g/mol. The van der Waals surface area contributed by atoms with Crippen LogP contribution in [-0.4, -0.2) is 22.1 Å². The second-order valence-electron chi connectivity index (χ2n) is 6.05. The summed E-state index contributed by atoms with van der Waals surface area (Å²) in [5, 5.41) is 8.79. The Bertz CT molecular complexity index is 842. The van der Waals surface area contributed by atoms with Crippen LogP contribution >= 0.6 is 35.3 Å². The van der Waals surface area contributed by atoms with Crippen molar-refractivity contribution < 1.29 is 0 Å². The van der Waals surface area contributed by atoms with E-state index in [0.717, 1.165) is 31.4 Å². The van der Waals surface area contributed by atoms with E-state index in [-0.39, 0.29) is 24.0 Å². The molecule has 0 fully saturated rings. The molecule has 3 aromatic rings. The number of halogens is 1. The van der Waals surface area contributed by atoms with Crippen LogP contribution in [0.5, 0.6) is 0 Å². The monoisotopic (exact) mass is 495 g/mol. The third kappa shape index (κ3) is 6.66. The lowest BCUT2D eigenvalue weighted by molar-refractivity contribution is 0.760. The number of imidazole rings is 1. The van der Waals surface area contributed by atoms with E-state index in [2.05, 4.69) is 68.9 Å². The van der Waals surface area contributed by atoms with E-state index in [0.29, 0.717) is 6.54 Å². The Morgan fingerprint density at radius 3 is 2.74 bits per heavy atom. The summed E-state index contributed by atoms with van der Waals surface area (Å²) in [6, 6.07) is 12.8. The van der Waals surface area contributed by atoms with E-state index in [4.69, 9.17) is 4.99 Å². The van der Waals surface area contributed by atoms with Gasteiger partial charge in [-0.1, -0.05) is 30.3 Å². The van der Waals surface area contributed by atoms with Crippen LogP contribution in [0.3, 0.4) is 0 Å². The maximum atomic E-state index is 4.72. The van der Waals surface area contributed by atoms with Gasteiger partial charge in [-0.25, -0.2) is 9.98 Å². The molecule has 0 saturated carbocycles. The summed E-state index contributed by atoms with van der Waals surface area (Å²) in [5.74, 6) is 1.87. The van der Waals surface area contributed by atoms with Gasteiger partial charge in [0, 0.05) is 30.4 Å². The lowest BCUT2D eigenvalue weighted by Crippen LogP contribution is -2.36. The van der Waals surface area contributed by atoms with Crippen molar-refractivity contribution >= 4 is 41.3 Å². The molecule has 7 heteroatoms. The number of hydrogen-bond acceptors (Lipinski definition) is 3. The fourth-order valence-electron chi connectivity index (χ4n) is 2.69. The Labute approximate surface area is 182 Å². The number of aryl methyl sites for hydroxylation is 1. The summed E-state index contributed by atoms with van der Waals surface area (Å²) in [5.41, 5.74) is 2.46. The molecule has 0 aliphatic carbocycles. The summed E-state index contributed by atoms with van der Waals surface area (Å²) >= 11 is 1.75. The van der Waals surface area contributed by atoms with Crippen LogP contribution in [0.2, 0.25) is 0 Å². The number of hydrogen-bond donors (Lipinski definition) is 2. The maximum Gasteiger partial charge on any atom is 0.191 e. The van der Waals surface area contributed by atoms with Gasteiger partial charge in [-0.05, 0) is 36.4 Å². The molecule has 0 aliphatic heterocycles.